The van der Waals surface area contributed by atoms with Crippen molar-refractivity contribution in [3.05, 3.63) is 0 Å². The van der Waals surface area contributed by atoms with E-state index in [4.69, 9.17) is 9.47 Å². The molecule has 0 heterocycles. The second-order valence-electron chi connectivity index (χ2n) is 6.52. The monoisotopic (exact) mass is 257 g/mol. The minimum absolute atomic E-state index is 0.00734. The number of hydrogen-bond acceptors (Lipinski definition) is 3. The summed E-state index contributed by atoms with van der Waals surface area (Å²) in [5.41, 5.74) is -0.270. The smallest absolute Gasteiger partial charge is 0.246 e. The molecule has 106 valence electrons. The van der Waals surface area contributed by atoms with E-state index < -0.39 is 0 Å². The summed E-state index contributed by atoms with van der Waals surface area (Å²) in [6, 6.07) is 0.185. The molecule has 0 aliphatic heterocycles. The van der Waals surface area contributed by atoms with Gasteiger partial charge >= 0.3 is 0 Å². The molecule has 1 N–H and O–H groups in total. The molecule has 2 unspecified atom stereocenters. The van der Waals surface area contributed by atoms with Crippen LogP contribution < -0.4 is 5.32 Å². The Labute approximate surface area is 110 Å². The van der Waals surface area contributed by atoms with Gasteiger partial charge in [0.25, 0.3) is 0 Å². The first-order chi connectivity index (χ1) is 8.16. The summed E-state index contributed by atoms with van der Waals surface area (Å²) in [5, 5.41) is 3.02. The van der Waals surface area contributed by atoms with Crippen LogP contribution >= 0.6 is 0 Å². The Kier molecular flexibility index (Phi) is 4.78. The fraction of sp³-hybridized carbons (Fsp3) is 0.929. The number of rotatable bonds is 5. The van der Waals surface area contributed by atoms with E-state index in [1.807, 2.05) is 27.7 Å². The van der Waals surface area contributed by atoms with Crippen LogP contribution in [0.15, 0.2) is 0 Å². The molecule has 0 aromatic heterocycles. The van der Waals surface area contributed by atoms with E-state index in [0.717, 1.165) is 13.0 Å². The van der Waals surface area contributed by atoms with Gasteiger partial charge in [0.15, 0.2) is 0 Å². The summed E-state index contributed by atoms with van der Waals surface area (Å²) in [6.07, 6.45) is 1.14. The highest BCUT2D eigenvalue weighted by atomic mass is 16.5. The summed E-state index contributed by atoms with van der Waals surface area (Å²) in [5.74, 6) is -0.0436. The van der Waals surface area contributed by atoms with Gasteiger partial charge in [-0.1, -0.05) is 13.8 Å². The zero-order valence-corrected chi connectivity index (χ0v) is 12.5. The van der Waals surface area contributed by atoms with Crippen LogP contribution in [0.1, 0.15) is 48.0 Å². The van der Waals surface area contributed by atoms with Crippen LogP contribution in [0.25, 0.3) is 0 Å². The molecule has 4 nitrogen and oxygen atoms in total. The predicted octanol–water partition coefficient (Wildman–Crippen LogP) is 2.12. The van der Waals surface area contributed by atoms with Gasteiger partial charge in [0, 0.05) is 18.1 Å². The average molecular weight is 257 g/mol. The molecule has 0 aromatic rings. The Morgan fingerprint density at radius 2 is 2.00 bits per heavy atom. The summed E-state index contributed by atoms with van der Waals surface area (Å²) in [4.78, 5) is 11.8. The molecule has 0 aromatic carbocycles. The van der Waals surface area contributed by atoms with Crippen LogP contribution in [0.5, 0.6) is 0 Å². The van der Waals surface area contributed by atoms with Crippen LogP contribution in [0.3, 0.4) is 0 Å². The number of carbonyl (C=O) groups is 1. The van der Waals surface area contributed by atoms with Gasteiger partial charge in [0.2, 0.25) is 5.91 Å². The van der Waals surface area contributed by atoms with Gasteiger partial charge in [-0.2, -0.15) is 0 Å². The molecular weight excluding hydrogens is 230 g/mol. The molecule has 0 spiro atoms. The number of nitrogens with one attached hydrogen (secondary N) is 1. The lowest BCUT2D eigenvalue weighted by Crippen LogP contribution is -2.62. The molecule has 0 saturated heterocycles. The molecule has 18 heavy (non-hydrogen) atoms. The Morgan fingerprint density at radius 3 is 2.44 bits per heavy atom. The van der Waals surface area contributed by atoms with Crippen LogP contribution in [0.2, 0.25) is 0 Å². The molecule has 1 aliphatic rings. The van der Waals surface area contributed by atoms with Crippen molar-refractivity contribution in [3.8, 4) is 0 Å². The third kappa shape index (κ3) is 3.95. The zero-order valence-electron chi connectivity index (χ0n) is 12.5. The second-order valence-corrected chi connectivity index (χ2v) is 6.52. The molecule has 2 atom stereocenters. The molecule has 1 rings (SSSR count). The van der Waals surface area contributed by atoms with Gasteiger partial charge in [0.05, 0.1) is 11.7 Å². The summed E-state index contributed by atoms with van der Waals surface area (Å²) in [7, 11) is 0. The number of hydrogen-bond donors (Lipinski definition) is 1. The lowest BCUT2D eigenvalue weighted by molar-refractivity contribution is -0.143. The van der Waals surface area contributed by atoms with Gasteiger partial charge in [-0.05, 0) is 34.1 Å². The van der Waals surface area contributed by atoms with Gasteiger partial charge in [-0.15, -0.1) is 0 Å². The highest BCUT2D eigenvalue weighted by molar-refractivity contribution is 5.77. The van der Waals surface area contributed by atoms with E-state index in [9.17, 15) is 4.79 Å². The van der Waals surface area contributed by atoms with Crippen molar-refractivity contribution in [2.75, 3.05) is 13.2 Å². The summed E-state index contributed by atoms with van der Waals surface area (Å²) >= 11 is 0. The minimum atomic E-state index is -0.277. The van der Waals surface area contributed by atoms with Gasteiger partial charge < -0.3 is 14.8 Å². The highest BCUT2D eigenvalue weighted by Crippen LogP contribution is 2.42. The first-order valence-electron chi connectivity index (χ1n) is 6.71. The minimum Gasteiger partial charge on any atom is -0.378 e. The third-order valence-electron chi connectivity index (χ3n) is 3.52. The Hall–Kier alpha value is -0.610. The Balaban J connectivity index is 2.34. The Bertz CT molecular complexity index is 294. The largest absolute Gasteiger partial charge is 0.378 e. The van der Waals surface area contributed by atoms with Crippen molar-refractivity contribution in [2.24, 2.45) is 5.41 Å². The van der Waals surface area contributed by atoms with Crippen molar-refractivity contribution in [1.82, 2.24) is 5.32 Å². The lowest BCUT2D eigenvalue weighted by Gasteiger charge is -2.51. The molecule has 0 radical (unpaired) electrons. The molecular formula is C14H27NO3. The van der Waals surface area contributed by atoms with Crippen LogP contribution in [0, 0.1) is 5.41 Å². The van der Waals surface area contributed by atoms with E-state index in [-0.39, 0.29) is 35.7 Å². The molecule has 1 fully saturated rings. The van der Waals surface area contributed by atoms with Gasteiger partial charge in [0.1, 0.15) is 6.61 Å². The maximum absolute atomic E-state index is 11.8. The predicted molar refractivity (Wildman–Crippen MR) is 71.4 cm³/mol. The van der Waals surface area contributed by atoms with Crippen molar-refractivity contribution < 1.29 is 14.3 Å². The quantitative estimate of drug-likeness (QED) is 0.820. The van der Waals surface area contributed by atoms with Gasteiger partial charge in [-0.25, -0.2) is 0 Å². The first kappa shape index (κ1) is 15.4. The number of ether oxygens (including phenoxy) is 2. The molecule has 1 aliphatic carbocycles. The van der Waals surface area contributed by atoms with Gasteiger partial charge in [-0.3, -0.25) is 4.79 Å². The highest BCUT2D eigenvalue weighted by Gasteiger charge is 2.49. The fourth-order valence-electron chi connectivity index (χ4n) is 2.13. The van der Waals surface area contributed by atoms with Crippen molar-refractivity contribution >= 4 is 5.91 Å². The second kappa shape index (κ2) is 5.57. The van der Waals surface area contributed by atoms with Crippen molar-refractivity contribution in [3.63, 3.8) is 0 Å². The normalized spacial score (nSPS) is 26.6. The third-order valence-corrected chi connectivity index (χ3v) is 3.52. The summed E-state index contributed by atoms with van der Waals surface area (Å²) in [6.45, 7) is 12.9. The van der Waals surface area contributed by atoms with Crippen molar-refractivity contribution in [1.29, 1.82) is 0 Å². The Morgan fingerprint density at radius 1 is 1.39 bits per heavy atom. The molecule has 1 saturated carbocycles. The molecule has 0 bridgehead atoms. The van der Waals surface area contributed by atoms with Crippen molar-refractivity contribution in [2.45, 2.75) is 65.7 Å². The standard InChI is InChI=1S/C14H27NO3/c1-7-17-11-8-10(14(11,5)6)15-12(16)9-18-13(2,3)4/h10-11H,7-9H2,1-6H3,(H,15,16). The lowest BCUT2D eigenvalue weighted by atomic mass is 9.64. The first-order valence-corrected chi connectivity index (χ1v) is 6.71. The van der Waals surface area contributed by atoms with Crippen LogP contribution in [0.4, 0.5) is 0 Å². The average Bonchev–Trinajstić information content (AvgIpc) is 2.24. The maximum atomic E-state index is 11.8. The zero-order chi connectivity index (χ0) is 14.0. The number of carbonyl (C=O) groups excluding carboxylic acids is 1. The van der Waals surface area contributed by atoms with Crippen LogP contribution in [-0.4, -0.2) is 36.9 Å². The molecule has 1 amide bonds. The van der Waals surface area contributed by atoms with E-state index in [1.165, 1.54) is 0 Å². The SMILES string of the molecule is CCOC1CC(NC(=O)COC(C)(C)C)C1(C)C. The summed E-state index contributed by atoms with van der Waals surface area (Å²) < 4.78 is 11.1. The topological polar surface area (TPSA) is 47.6 Å². The molecule has 4 heteroatoms. The van der Waals surface area contributed by atoms with E-state index in [1.54, 1.807) is 0 Å². The van der Waals surface area contributed by atoms with Crippen LogP contribution in [-0.2, 0) is 14.3 Å². The number of amides is 1. The fourth-order valence-corrected chi connectivity index (χ4v) is 2.13. The maximum Gasteiger partial charge on any atom is 0.246 e. The van der Waals surface area contributed by atoms with E-state index in [2.05, 4.69) is 19.2 Å². The van der Waals surface area contributed by atoms with E-state index >= 15 is 0 Å². The van der Waals surface area contributed by atoms with E-state index in [0.29, 0.717) is 0 Å².